The number of thioether (sulfide) groups is 1. The molecule has 0 saturated carbocycles. The van der Waals surface area contributed by atoms with E-state index in [0.29, 0.717) is 5.16 Å². The lowest BCUT2D eigenvalue weighted by Crippen LogP contribution is -2.24. The van der Waals surface area contributed by atoms with Crippen LogP contribution in [0.4, 0.5) is 5.69 Å². The molecule has 0 radical (unpaired) electrons. The summed E-state index contributed by atoms with van der Waals surface area (Å²) in [7, 11) is 0. The first-order chi connectivity index (χ1) is 9.49. The standard InChI is InChI=1S/C13H17N5OS/c1-8-5-4-6-9(2)11(8)16-12(19)10(3)20-13-17-15-7-18(13)14/h4-7,10H,14H2,1-3H3,(H,16,19)/t10-/m0/s1. The maximum atomic E-state index is 12.2. The molecule has 7 heteroatoms. The zero-order valence-electron chi connectivity index (χ0n) is 11.6. The molecule has 0 fully saturated rings. The molecule has 2 rings (SSSR count). The first kappa shape index (κ1) is 14.4. The number of nitrogens with one attached hydrogen (secondary N) is 1. The van der Waals surface area contributed by atoms with Gasteiger partial charge in [-0.15, -0.1) is 10.2 Å². The van der Waals surface area contributed by atoms with Crippen molar-refractivity contribution >= 4 is 23.4 Å². The van der Waals surface area contributed by atoms with Crippen molar-refractivity contribution in [2.24, 2.45) is 0 Å². The number of benzene rings is 1. The number of para-hydroxylation sites is 1. The zero-order chi connectivity index (χ0) is 14.7. The van der Waals surface area contributed by atoms with E-state index in [9.17, 15) is 4.79 Å². The first-order valence-corrected chi connectivity index (χ1v) is 7.06. The highest BCUT2D eigenvalue weighted by Gasteiger charge is 2.18. The molecule has 2 aromatic rings. The summed E-state index contributed by atoms with van der Waals surface area (Å²) in [4.78, 5) is 12.2. The van der Waals surface area contributed by atoms with E-state index in [1.807, 2.05) is 39.0 Å². The molecule has 6 nitrogen and oxygen atoms in total. The van der Waals surface area contributed by atoms with E-state index < -0.39 is 0 Å². The molecule has 0 saturated heterocycles. The van der Waals surface area contributed by atoms with Gasteiger partial charge in [0.05, 0.1) is 5.25 Å². The van der Waals surface area contributed by atoms with E-state index in [0.717, 1.165) is 16.8 Å². The second-order valence-electron chi connectivity index (χ2n) is 4.54. The predicted molar refractivity (Wildman–Crippen MR) is 80.0 cm³/mol. The summed E-state index contributed by atoms with van der Waals surface area (Å²) in [6, 6.07) is 5.91. The summed E-state index contributed by atoms with van der Waals surface area (Å²) in [5.41, 5.74) is 2.94. The minimum atomic E-state index is -0.319. The maximum absolute atomic E-state index is 12.2. The van der Waals surface area contributed by atoms with Crippen molar-refractivity contribution in [2.75, 3.05) is 11.2 Å². The lowest BCUT2D eigenvalue weighted by molar-refractivity contribution is -0.115. The fraction of sp³-hybridized carbons (Fsp3) is 0.308. The molecule has 0 unspecified atom stereocenters. The number of hydrogen-bond acceptors (Lipinski definition) is 5. The molecule has 1 aromatic carbocycles. The molecule has 0 aliphatic carbocycles. The number of aryl methyl sites for hydroxylation is 2. The van der Waals surface area contributed by atoms with Gasteiger partial charge in [-0.1, -0.05) is 30.0 Å². The number of anilines is 1. The third-order valence-corrected chi connectivity index (χ3v) is 3.99. The fourth-order valence-corrected chi connectivity index (χ4v) is 2.51. The lowest BCUT2D eigenvalue weighted by Gasteiger charge is -2.14. The number of carbonyl (C=O) groups is 1. The normalized spacial score (nSPS) is 12.2. The molecule has 3 N–H and O–H groups in total. The second kappa shape index (κ2) is 5.96. The van der Waals surface area contributed by atoms with Crippen molar-refractivity contribution in [3.05, 3.63) is 35.7 Å². The molecule has 0 spiro atoms. The van der Waals surface area contributed by atoms with Crippen molar-refractivity contribution in [1.82, 2.24) is 14.9 Å². The quantitative estimate of drug-likeness (QED) is 0.662. The van der Waals surface area contributed by atoms with Gasteiger partial charge in [-0.25, -0.2) is 4.68 Å². The number of nitrogens with zero attached hydrogens (tertiary/aromatic N) is 3. The average Bonchev–Trinajstić information content (AvgIpc) is 2.79. The van der Waals surface area contributed by atoms with Gasteiger partial charge in [0.25, 0.3) is 0 Å². The van der Waals surface area contributed by atoms with Gasteiger partial charge in [0, 0.05) is 5.69 Å². The molecular formula is C13H17N5OS. The van der Waals surface area contributed by atoms with Crippen molar-refractivity contribution in [1.29, 1.82) is 0 Å². The SMILES string of the molecule is Cc1cccc(C)c1NC(=O)[C@H](C)Sc1nncn1N. The van der Waals surface area contributed by atoms with Gasteiger partial charge in [0.15, 0.2) is 0 Å². The van der Waals surface area contributed by atoms with Gasteiger partial charge in [-0.2, -0.15) is 0 Å². The smallest absolute Gasteiger partial charge is 0.237 e. The van der Waals surface area contributed by atoms with E-state index in [4.69, 9.17) is 5.84 Å². The van der Waals surface area contributed by atoms with E-state index in [1.54, 1.807) is 0 Å². The molecule has 1 aromatic heterocycles. The van der Waals surface area contributed by atoms with Gasteiger partial charge in [-0.05, 0) is 31.9 Å². The van der Waals surface area contributed by atoms with Crippen molar-refractivity contribution in [3.8, 4) is 0 Å². The Kier molecular flexibility index (Phi) is 4.29. The summed E-state index contributed by atoms with van der Waals surface area (Å²) in [6.07, 6.45) is 1.40. The predicted octanol–water partition coefficient (Wildman–Crippen LogP) is 1.73. The number of rotatable bonds is 4. The average molecular weight is 291 g/mol. The molecule has 0 aliphatic heterocycles. The number of nitrogens with two attached hydrogens (primary N) is 1. The summed E-state index contributed by atoms with van der Waals surface area (Å²) in [6.45, 7) is 5.75. The van der Waals surface area contributed by atoms with Gasteiger partial charge in [0.2, 0.25) is 11.1 Å². The Morgan fingerprint density at radius 3 is 2.60 bits per heavy atom. The molecule has 20 heavy (non-hydrogen) atoms. The van der Waals surface area contributed by atoms with Crippen LogP contribution in [0.2, 0.25) is 0 Å². The molecule has 0 bridgehead atoms. The van der Waals surface area contributed by atoms with Gasteiger partial charge in [-0.3, -0.25) is 4.79 Å². The summed E-state index contributed by atoms with van der Waals surface area (Å²) in [5, 5.41) is 10.7. The van der Waals surface area contributed by atoms with Crippen LogP contribution < -0.4 is 11.2 Å². The Labute approximate surface area is 121 Å². The first-order valence-electron chi connectivity index (χ1n) is 6.18. The number of amides is 1. The van der Waals surface area contributed by atoms with E-state index in [2.05, 4.69) is 15.5 Å². The van der Waals surface area contributed by atoms with E-state index in [1.165, 1.54) is 22.8 Å². The molecule has 1 heterocycles. The van der Waals surface area contributed by atoms with Crippen LogP contribution in [0.3, 0.4) is 0 Å². The highest BCUT2D eigenvalue weighted by atomic mass is 32.2. The zero-order valence-corrected chi connectivity index (χ0v) is 12.4. The highest BCUT2D eigenvalue weighted by molar-refractivity contribution is 8.00. The largest absolute Gasteiger partial charge is 0.336 e. The Hall–Kier alpha value is -2.02. The Bertz CT molecular complexity index is 605. The number of aromatic nitrogens is 3. The molecule has 106 valence electrons. The summed E-state index contributed by atoms with van der Waals surface area (Å²) < 4.78 is 1.30. The van der Waals surface area contributed by atoms with Crippen LogP contribution in [0.15, 0.2) is 29.7 Å². The van der Waals surface area contributed by atoms with Crippen LogP contribution in [0.1, 0.15) is 18.1 Å². The van der Waals surface area contributed by atoms with Gasteiger partial charge < -0.3 is 11.2 Å². The van der Waals surface area contributed by atoms with Crippen molar-refractivity contribution < 1.29 is 4.79 Å². The third-order valence-electron chi connectivity index (χ3n) is 2.92. The van der Waals surface area contributed by atoms with Crippen molar-refractivity contribution in [2.45, 2.75) is 31.2 Å². The van der Waals surface area contributed by atoms with Crippen LogP contribution in [0, 0.1) is 13.8 Å². The Morgan fingerprint density at radius 2 is 2.05 bits per heavy atom. The minimum Gasteiger partial charge on any atom is -0.336 e. The number of carbonyl (C=O) groups excluding carboxylic acids is 1. The number of nitrogen functional groups attached to an aromatic ring is 1. The topological polar surface area (TPSA) is 85.8 Å². The Balaban J connectivity index is 2.06. The van der Waals surface area contributed by atoms with E-state index in [-0.39, 0.29) is 11.2 Å². The maximum Gasteiger partial charge on any atom is 0.237 e. The third kappa shape index (κ3) is 3.11. The minimum absolute atomic E-state index is 0.0876. The second-order valence-corrected chi connectivity index (χ2v) is 5.84. The number of hydrogen-bond donors (Lipinski definition) is 2. The summed E-state index contributed by atoms with van der Waals surface area (Å²) in [5.74, 6) is 5.54. The molecule has 0 aliphatic rings. The highest BCUT2D eigenvalue weighted by Crippen LogP contribution is 2.23. The molecular weight excluding hydrogens is 274 g/mol. The fourth-order valence-electron chi connectivity index (χ4n) is 1.76. The lowest BCUT2D eigenvalue weighted by atomic mass is 10.1. The molecule has 1 amide bonds. The van der Waals surface area contributed by atoms with Gasteiger partial charge >= 0.3 is 0 Å². The van der Waals surface area contributed by atoms with Crippen LogP contribution in [-0.2, 0) is 4.79 Å². The van der Waals surface area contributed by atoms with Crippen LogP contribution in [-0.4, -0.2) is 26.0 Å². The van der Waals surface area contributed by atoms with Gasteiger partial charge in [0.1, 0.15) is 6.33 Å². The van der Waals surface area contributed by atoms with Crippen molar-refractivity contribution in [3.63, 3.8) is 0 Å². The molecule has 1 atom stereocenters. The monoisotopic (exact) mass is 291 g/mol. The summed E-state index contributed by atoms with van der Waals surface area (Å²) >= 11 is 1.27. The van der Waals surface area contributed by atoms with E-state index >= 15 is 0 Å². The van der Waals surface area contributed by atoms with Crippen LogP contribution in [0.5, 0.6) is 0 Å². The van der Waals surface area contributed by atoms with Crippen LogP contribution >= 0.6 is 11.8 Å². The van der Waals surface area contributed by atoms with Crippen LogP contribution in [0.25, 0.3) is 0 Å². The Morgan fingerprint density at radius 1 is 1.40 bits per heavy atom.